The fourth-order valence-electron chi connectivity index (χ4n) is 1.76. The first-order valence-corrected chi connectivity index (χ1v) is 6.23. The van der Waals surface area contributed by atoms with Gasteiger partial charge in [0.2, 0.25) is 0 Å². The summed E-state index contributed by atoms with van der Waals surface area (Å²) in [6.45, 7) is 1.86. The molecule has 18 heavy (non-hydrogen) atoms. The van der Waals surface area contributed by atoms with E-state index in [1.165, 1.54) is 0 Å². The summed E-state index contributed by atoms with van der Waals surface area (Å²) in [4.78, 5) is 10.4. The van der Waals surface area contributed by atoms with E-state index in [1.807, 2.05) is 24.4 Å². The summed E-state index contributed by atoms with van der Waals surface area (Å²) >= 11 is 0. The molecule has 2 rings (SSSR count). The molecule has 96 valence electrons. The van der Waals surface area contributed by atoms with Crippen LogP contribution < -0.4 is 4.74 Å². The summed E-state index contributed by atoms with van der Waals surface area (Å²) in [6.07, 6.45) is 5.59. The van der Waals surface area contributed by atoms with Gasteiger partial charge >= 0.3 is 0 Å². The fourth-order valence-corrected chi connectivity index (χ4v) is 1.76. The highest BCUT2D eigenvalue weighted by Crippen LogP contribution is 2.18. The molecule has 2 aromatic rings. The Morgan fingerprint density at radius 3 is 2.94 bits per heavy atom. The van der Waals surface area contributed by atoms with Crippen molar-refractivity contribution < 1.29 is 4.74 Å². The Labute approximate surface area is 108 Å². The van der Waals surface area contributed by atoms with Crippen LogP contribution in [0.15, 0.2) is 30.7 Å². The molecule has 0 N–H and O–H groups in total. The van der Waals surface area contributed by atoms with Gasteiger partial charge in [0.25, 0.3) is 0 Å². The van der Waals surface area contributed by atoms with Crippen molar-refractivity contribution in [3.05, 3.63) is 30.7 Å². The van der Waals surface area contributed by atoms with Gasteiger partial charge in [-0.15, -0.1) is 0 Å². The van der Waals surface area contributed by atoms with Crippen molar-refractivity contribution in [2.75, 3.05) is 27.2 Å². The summed E-state index contributed by atoms with van der Waals surface area (Å²) in [5.74, 6) is 0.881. The zero-order valence-electron chi connectivity index (χ0n) is 11.0. The van der Waals surface area contributed by atoms with Gasteiger partial charge in [0.05, 0.1) is 12.1 Å². The van der Waals surface area contributed by atoms with Crippen molar-refractivity contribution in [2.45, 2.75) is 12.8 Å². The standard InChI is InChI=1S/C14H19N3O/c1-17(2)7-3-4-8-18-13-6-5-12-10-15-11-16-14(12)9-13/h5-6,9-11H,3-4,7-8H2,1-2H3. The molecule has 0 fully saturated rings. The molecule has 0 unspecified atom stereocenters. The second-order valence-corrected chi connectivity index (χ2v) is 4.60. The Kier molecular flexibility index (Phi) is 4.47. The van der Waals surface area contributed by atoms with E-state index < -0.39 is 0 Å². The average Bonchev–Trinajstić information content (AvgIpc) is 2.38. The van der Waals surface area contributed by atoms with Gasteiger partial charge in [0.1, 0.15) is 12.1 Å². The summed E-state index contributed by atoms with van der Waals surface area (Å²) in [7, 11) is 4.17. The molecule has 0 radical (unpaired) electrons. The third-order valence-electron chi connectivity index (χ3n) is 2.75. The molecule has 0 aliphatic carbocycles. The second kappa shape index (κ2) is 6.31. The van der Waals surface area contributed by atoms with Gasteiger partial charge in [-0.1, -0.05) is 0 Å². The van der Waals surface area contributed by atoms with Gasteiger partial charge in [-0.25, -0.2) is 9.97 Å². The van der Waals surface area contributed by atoms with E-state index >= 15 is 0 Å². The molecular formula is C14H19N3O. The molecule has 1 aromatic heterocycles. The van der Waals surface area contributed by atoms with E-state index in [1.54, 1.807) is 6.33 Å². The van der Waals surface area contributed by atoms with Crippen LogP contribution >= 0.6 is 0 Å². The lowest BCUT2D eigenvalue weighted by Crippen LogP contribution is -2.13. The van der Waals surface area contributed by atoms with Gasteiger partial charge in [-0.05, 0) is 45.6 Å². The highest BCUT2D eigenvalue weighted by molar-refractivity contribution is 5.78. The second-order valence-electron chi connectivity index (χ2n) is 4.60. The molecule has 0 aliphatic rings. The molecule has 1 heterocycles. The Balaban J connectivity index is 1.84. The van der Waals surface area contributed by atoms with E-state index in [4.69, 9.17) is 4.74 Å². The number of ether oxygens (including phenoxy) is 1. The molecule has 4 heteroatoms. The molecule has 0 bridgehead atoms. The van der Waals surface area contributed by atoms with Crippen LogP contribution in [0.25, 0.3) is 10.9 Å². The maximum absolute atomic E-state index is 5.72. The van der Waals surface area contributed by atoms with Gasteiger partial charge in [0.15, 0.2) is 0 Å². The average molecular weight is 245 g/mol. The van der Waals surface area contributed by atoms with Gasteiger partial charge in [-0.2, -0.15) is 0 Å². The maximum atomic E-state index is 5.72. The van der Waals surface area contributed by atoms with E-state index in [-0.39, 0.29) is 0 Å². The predicted octanol–water partition coefficient (Wildman–Crippen LogP) is 2.35. The Morgan fingerprint density at radius 2 is 2.11 bits per heavy atom. The minimum absolute atomic E-state index is 0.754. The monoisotopic (exact) mass is 245 g/mol. The first-order valence-electron chi connectivity index (χ1n) is 6.23. The SMILES string of the molecule is CN(C)CCCCOc1ccc2cncnc2c1. The molecule has 0 aliphatic heterocycles. The largest absolute Gasteiger partial charge is 0.494 e. The first kappa shape index (κ1) is 12.8. The van der Waals surface area contributed by atoms with Crippen molar-refractivity contribution in [1.82, 2.24) is 14.9 Å². The number of fused-ring (bicyclic) bond motifs is 1. The molecule has 0 spiro atoms. The quantitative estimate of drug-likeness (QED) is 0.732. The number of hydrogen-bond donors (Lipinski definition) is 0. The minimum atomic E-state index is 0.754. The normalized spacial score (nSPS) is 11.1. The van der Waals surface area contributed by atoms with Gasteiger partial charge < -0.3 is 9.64 Å². The minimum Gasteiger partial charge on any atom is -0.494 e. The van der Waals surface area contributed by atoms with Crippen LogP contribution in [-0.2, 0) is 0 Å². The third-order valence-corrected chi connectivity index (χ3v) is 2.75. The van der Waals surface area contributed by atoms with Crippen LogP contribution in [0.2, 0.25) is 0 Å². The summed E-state index contributed by atoms with van der Waals surface area (Å²) in [5.41, 5.74) is 0.927. The van der Waals surface area contributed by atoms with Crippen LogP contribution in [0, 0.1) is 0 Å². The number of rotatable bonds is 6. The summed E-state index contributed by atoms with van der Waals surface area (Å²) < 4.78 is 5.72. The lowest BCUT2D eigenvalue weighted by molar-refractivity contribution is 0.293. The number of benzene rings is 1. The van der Waals surface area contributed by atoms with E-state index in [9.17, 15) is 0 Å². The molecule has 0 saturated heterocycles. The zero-order valence-corrected chi connectivity index (χ0v) is 11.0. The van der Waals surface area contributed by atoms with E-state index in [2.05, 4.69) is 29.0 Å². The highest BCUT2D eigenvalue weighted by atomic mass is 16.5. The van der Waals surface area contributed by atoms with Crippen LogP contribution in [0.4, 0.5) is 0 Å². The molecule has 0 amide bonds. The van der Waals surface area contributed by atoms with Crippen molar-refractivity contribution in [1.29, 1.82) is 0 Å². The Hall–Kier alpha value is -1.68. The van der Waals surface area contributed by atoms with Crippen LogP contribution in [0.3, 0.4) is 0 Å². The first-order chi connectivity index (χ1) is 8.75. The summed E-state index contributed by atoms with van der Waals surface area (Å²) in [5, 5.41) is 1.04. The molecule has 0 saturated carbocycles. The molecule has 1 aromatic carbocycles. The van der Waals surface area contributed by atoms with Crippen LogP contribution in [-0.4, -0.2) is 42.1 Å². The zero-order chi connectivity index (χ0) is 12.8. The van der Waals surface area contributed by atoms with Crippen molar-refractivity contribution >= 4 is 10.9 Å². The molecular weight excluding hydrogens is 226 g/mol. The Morgan fingerprint density at radius 1 is 1.22 bits per heavy atom. The molecule has 0 atom stereocenters. The van der Waals surface area contributed by atoms with E-state index in [0.29, 0.717) is 0 Å². The van der Waals surface area contributed by atoms with Gasteiger partial charge in [-0.3, -0.25) is 0 Å². The predicted molar refractivity (Wildman–Crippen MR) is 72.8 cm³/mol. The van der Waals surface area contributed by atoms with Crippen molar-refractivity contribution in [3.8, 4) is 5.75 Å². The number of hydrogen-bond acceptors (Lipinski definition) is 4. The smallest absolute Gasteiger partial charge is 0.121 e. The number of nitrogens with zero attached hydrogens (tertiary/aromatic N) is 3. The summed E-state index contributed by atoms with van der Waals surface area (Å²) in [6, 6.07) is 5.92. The van der Waals surface area contributed by atoms with Crippen LogP contribution in [0.5, 0.6) is 5.75 Å². The van der Waals surface area contributed by atoms with Gasteiger partial charge in [0, 0.05) is 17.6 Å². The van der Waals surface area contributed by atoms with Crippen LogP contribution in [0.1, 0.15) is 12.8 Å². The number of unbranched alkanes of at least 4 members (excludes halogenated alkanes) is 1. The van der Waals surface area contributed by atoms with Crippen molar-refractivity contribution in [2.24, 2.45) is 0 Å². The maximum Gasteiger partial charge on any atom is 0.121 e. The topological polar surface area (TPSA) is 38.2 Å². The lowest BCUT2D eigenvalue weighted by Gasteiger charge is -2.10. The number of aromatic nitrogens is 2. The Bertz CT molecular complexity index is 499. The van der Waals surface area contributed by atoms with Crippen molar-refractivity contribution in [3.63, 3.8) is 0 Å². The fraction of sp³-hybridized carbons (Fsp3) is 0.429. The molecule has 4 nitrogen and oxygen atoms in total. The lowest BCUT2D eigenvalue weighted by atomic mass is 10.2. The van der Waals surface area contributed by atoms with E-state index in [0.717, 1.165) is 42.6 Å². The third kappa shape index (κ3) is 3.67. The highest BCUT2D eigenvalue weighted by Gasteiger charge is 1.98.